The Morgan fingerprint density at radius 2 is 2.33 bits per heavy atom. The molecular formula is C15H23ClN4O. The Balaban J connectivity index is 1.89. The van der Waals surface area contributed by atoms with Crippen molar-refractivity contribution in [3.63, 3.8) is 0 Å². The molecule has 0 radical (unpaired) electrons. The van der Waals surface area contributed by atoms with E-state index in [4.69, 9.17) is 17.3 Å². The molecule has 3 N–H and O–H groups in total. The second kappa shape index (κ2) is 7.11. The molecule has 21 heavy (non-hydrogen) atoms. The van der Waals surface area contributed by atoms with Crippen LogP contribution in [-0.4, -0.2) is 55.5 Å². The van der Waals surface area contributed by atoms with E-state index in [1.807, 2.05) is 7.05 Å². The zero-order chi connectivity index (χ0) is 15.4. The molecule has 0 saturated carbocycles. The summed E-state index contributed by atoms with van der Waals surface area (Å²) in [6.07, 6.45) is 2.31. The highest BCUT2D eigenvalue weighted by atomic mass is 35.5. The number of nitrogens with two attached hydrogens (primary N) is 1. The molecule has 0 aliphatic carbocycles. The van der Waals surface area contributed by atoms with Gasteiger partial charge in [0.15, 0.2) is 0 Å². The first-order valence-corrected chi connectivity index (χ1v) is 7.57. The van der Waals surface area contributed by atoms with Crippen molar-refractivity contribution >= 4 is 28.9 Å². The number of nitrogens with one attached hydrogen (secondary N) is 1. The molecule has 1 unspecified atom stereocenters. The van der Waals surface area contributed by atoms with E-state index in [-0.39, 0.29) is 5.91 Å². The number of likely N-dealkylation sites (tertiary alicyclic amines) is 1. The molecule has 1 aliphatic heterocycles. The minimum atomic E-state index is -0.0580. The van der Waals surface area contributed by atoms with Crippen LogP contribution in [0, 0.1) is 0 Å². The molecule has 1 saturated heterocycles. The summed E-state index contributed by atoms with van der Waals surface area (Å²) in [7, 11) is 4.11. The van der Waals surface area contributed by atoms with Crippen LogP contribution >= 0.6 is 11.6 Å². The van der Waals surface area contributed by atoms with Crippen LogP contribution in [0.1, 0.15) is 12.8 Å². The number of nitrogens with zero attached hydrogens (tertiary/aromatic N) is 2. The van der Waals surface area contributed by atoms with Crippen molar-refractivity contribution < 1.29 is 4.79 Å². The predicted molar refractivity (Wildman–Crippen MR) is 87.6 cm³/mol. The molecule has 1 aromatic carbocycles. The van der Waals surface area contributed by atoms with Gasteiger partial charge in [-0.2, -0.15) is 0 Å². The number of amides is 1. The third-order valence-corrected chi connectivity index (χ3v) is 4.20. The smallest absolute Gasteiger partial charge is 0.238 e. The second-order valence-electron chi connectivity index (χ2n) is 5.76. The van der Waals surface area contributed by atoms with Gasteiger partial charge in [-0.3, -0.25) is 9.69 Å². The van der Waals surface area contributed by atoms with Crippen LogP contribution in [0.5, 0.6) is 0 Å². The fraction of sp³-hybridized carbons (Fsp3) is 0.533. The highest BCUT2D eigenvalue weighted by Gasteiger charge is 2.22. The number of hydrogen-bond acceptors (Lipinski definition) is 4. The van der Waals surface area contributed by atoms with Gasteiger partial charge in [-0.25, -0.2) is 0 Å². The van der Waals surface area contributed by atoms with Crippen LogP contribution < -0.4 is 11.1 Å². The van der Waals surface area contributed by atoms with Gasteiger partial charge in [-0.05, 0) is 51.7 Å². The van der Waals surface area contributed by atoms with E-state index in [1.165, 1.54) is 6.42 Å². The van der Waals surface area contributed by atoms with E-state index in [9.17, 15) is 4.79 Å². The molecule has 2 rings (SSSR count). The van der Waals surface area contributed by atoms with Gasteiger partial charge >= 0.3 is 0 Å². The van der Waals surface area contributed by atoms with Gasteiger partial charge < -0.3 is 16.0 Å². The summed E-state index contributed by atoms with van der Waals surface area (Å²) in [6, 6.07) is 5.51. The average molecular weight is 311 g/mol. The van der Waals surface area contributed by atoms with E-state index in [0.29, 0.717) is 29.0 Å². The molecule has 1 aliphatic rings. The van der Waals surface area contributed by atoms with Crippen molar-refractivity contribution in [3.05, 3.63) is 23.2 Å². The maximum atomic E-state index is 12.1. The van der Waals surface area contributed by atoms with Crippen LogP contribution in [0.25, 0.3) is 0 Å². The van der Waals surface area contributed by atoms with Gasteiger partial charge in [0.2, 0.25) is 5.91 Å². The van der Waals surface area contributed by atoms with E-state index in [1.54, 1.807) is 18.2 Å². The number of piperidine rings is 1. The molecule has 6 heteroatoms. The second-order valence-corrected chi connectivity index (χ2v) is 6.17. The molecule has 5 nitrogen and oxygen atoms in total. The van der Waals surface area contributed by atoms with Gasteiger partial charge in [0.05, 0.1) is 17.3 Å². The quantitative estimate of drug-likeness (QED) is 0.834. The van der Waals surface area contributed by atoms with Crippen LogP contribution in [0.2, 0.25) is 5.02 Å². The summed E-state index contributed by atoms with van der Waals surface area (Å²) in [4.78, 5) is 16.5. The molecule has 1 amide bonds. The van der Waals surface area contributed by atoms with E-state index in [2.05, 4.69) is 22.2 Å². The largest absolute Gasteiger partial charge is 0.399 e. The Labute approximate surface area is 131 Å². The molecule has 0 aromatic heterocycles. The van der Waals surface area contributed by atoms with Crippen molar-refractivity contribution in [2.24, 2.45) is 0 Å². The minimum absolute atomic E-state index is 0.0580. The zero-order valence-electron chi connectivity index (χ0n) is 12.6. The number of likely N-dealkylation sites (N-methyl/N-ethyl adjacent to an activating group) is 2. The zero-order valence-corrected chi connectivity index (χ0v) is 13.4. The molecule has 1 fully saturated rings. The molecule has 0 bridgehead atoms. The highest BCUT2D eigenvalue weighted by Crippen LogP contribution is 2.24. The summed E-state index contributed by atoms with van der Waals surface area (Å²) >= 11 is 6.06. The lowest BCUT2D eigenvalue weighted by molar-refractivity contribution is -0.117. The number of anilines is 2. The number of hydrogen-bond donors (Lipinski definition) is 2. The van der Waals surface area contributed by atoms with Crippen LogP contribution in [0.3, 0.4) is 0 Å². The standard InChI is InChI=1S/C15H23ClN4O/c1-19-7-3-4-12(9-19)20(2)10-15(21)18-14-6-5-11(17)8-13(14)16/h5-6,8,12H,3-4,7,9-10,17H2,1-2H3,(H,18,21). The van der Waals surface area contributed by atoms with E-state index < -0.39 is 0 Å². The van der Waals surface area contributed by atoms with E-state index >= 15 is 0 Å². The number of nitrogen functional groups attached to an aromatic ring is 1. The Morgan fingerprint density at radius 3 is 3.00 bits per heavy atom. The van der Waals surface area contributed by atoms with Crippen LogP contribution in [0.15, 0.2) is 18.2 Å². The summed E-state index contributed by atoms with van der Waals surface area (Å²) in [5.41, 5.74) is 6.83. The fourth-order valence-corrected chi connectivity index (χ4v) is 2.91. The Bertz CT molecular complexity index is 508. The third kappa shape index (κ3) is 4.59. The van der Waals surface area contributed by atoms with Crippen LogP contribution in [-0.2, 0) is 4.79 Å². The molecule has 1 heterocycles. The lowest BCUT2D eigenvalue weighted by Gasteiger charge is -2.35. The maximum absolute atomic E-state index is 12.1. The third-order valence-electron chi connectivity index (χ3n) is 3.88. The Hall–Kier alpha value is -1.30. The predicted octanol–water partition coefficient (Wildman–Crippen LogP) is 1.89. The molecular weight excluding hydrogens is 288 g/mol. The Morgan fingerprint density at radius 1 is 1.57 bits per heavy atom. The lowest BCUT2D eigenvalue weighted by Crippen LogP contribution is -2.47. The van der Waals surface area contributed by atoms with Gasteiger partial charge in [0.1, 0.15) is 0 Å². The normalized spacial score (nSPS) is 19.7. The van der Waals surface area contributed by atoms with Crippen LogP contribution in [0.4, 0.5) is 11.4 Å². The number of halogens is 1. The number of rotatable bonds is 4. The summed E-state index contributed by atoms with van der Waals surface area (Å²) in [5.74, 6) is -0.0580. The van der Waals surface area contributed by atoms with Gasteiger partial charge in [0.25, 0.3) is 0 Å². The average Bonchev–Trinajstić information content (AvgIpc) is 2.42. The monoisotopic (exact) mass is 310 g/mol. The van der Waals surface area contributed by atoms with Crippen molar-refractivity contribution in [2.75, 3.05) is 44.8 Å². The topological polar surface area (TPSA) is 61.6 Å². The van der Waals surface area contributed by atoms with Crippen molar-refractivity contribution in [3.8, 4) is 0 Å². The SMILES string of the molecule is CN1CCCC(N(C)CC(=O)Nc2ccc(N)cc2Cl)C1. The molecule has 0 spiro atoms. The van der Waals surface area contributed by atoms with Gasteiger partial charge in [-0.15, -0.1) is 0 Å². The summed E-state index contributed by atoms with van der Waals surface area (Å²) < 4.78 is 0. The Kier molecular flexibility index (Phi) is 5.45. The van der Waals surface area contributed by atoms with Crippen molar-refractivity contribution in [2.45, 2.75) is 18.9 Å². The number of benzene rings is 1. The van der Waals surface area contributed by atoms with Gasteiger partial charge in [0, 0.05) is 18.3 Å². The number of carbonyl (C=O) groups is 1. The summed E-state index contributed by atoms with van der Waals surface area (Å²) in [6.45, 7) is 2.50. The highest BCUT2D eigenvalue weighted by molar-refractivity contribution is 6.34. The lowest BCUT2D eigenvalue weighted by atomic mass is 10.1. The minimum Gasteiger partial charge on any atom is -0.399 e. The summed E-state index contributed by atoms with van der Waals surface area (Å²) in [5, 5.41) is 3.30. The fourth-order valence-electron chi connectivity index (χ4n) is 2.68. The maximum Gasteiger partial charge on any atom is 0.238 e. The first-order chi connectivity index (χ1) is 9.95. The first-order valence-electron chi connectivity index (χ1n) is 7.19. The first kappa shape index (κ1) is 16.1. The molecule has 1 aromatic rings. The van der Waals surface area contributed by atoms with Gasteiger partial charge in [-0.1, -0.05) is 11.6 Å². The van der Waals surface area contributed by atoms with Crippen molar-refractivity contribution in [1.29, 1.82) is 0 Å². The van der Waals surface area contributed by atoms with Crippen molar-refractivity contribution in [1.82, 2.24) is 9.80 Å². The molecule has 1 atom stereocenters. The van der Waals surface area contributed by atoms with E-state index in [0.717, 1.165) is 19.5 Å². The molecule has 116 valence electrons. The number of carbonyl (C=O) groups excluding carboxylic acids is 1.